The lowest BCUT2D eigenvalue weighted by Crippen LogP contribution is -2.37. The predicted octanol–water partition coefficient (Wildman–Crippen LogP) is 3.28. The van der Waals surface area contributed by atoms with Crippen molar-refractivity contribution in [1.82, 2.24) is 14.9 Å². The van der Waals surface area contributed by atoms with Crippen molar-refractivity contribution in [3.05, 3.63) is 71.8 Å². The molecule has 2 heterocycles. The summed E-state index contributed by atoms with van der Waals surface area (Å²) in [6, 6.07) is 19.2. The Morgan fingerprint density at radius 3 is 2.76 bits per heavy atom. The van der Waals surface area contributed by atoms with Crippen LogP contribution in [0.25, 0.3) is 0 Å². The van der Waals surface area contributed by atoms with Crippen LogP contribution in [0.5, 0.6) is 6.01 Å². The number of guanidine groups is 1. The maximum atomic E-state index is 9.50. The maximum absolute atomic E-state index is 9.50. The third kappa shape index (κ3) is 7.65. The van der Waals surface area contributed by atoms with Crippen molar-refractivity contribution >= 4 is 29.5 Å². The summed E-state index contributed by atoms with van der Waals surface area (Å²) in [5, 5.41) is 24.9. The Bertz CT molecular complexity index is 1250. The number of hydrogen-bond donors (Lipinski definition) is 3. The van der Waals surface area contributed by atoms with Gasteiger partial charge < -0.3 is 19.7 Å². The lowest BCUT2D eigenvalue weighted by molar-refractivity contribution is 0.122. The van der Waals surface area contributed by atoms with E-state index in [1.807, 2.05) is 73.8 Å². The number of benzene rings is 2. The lowest BCUT2D eigenvalue weighted by Gasteiger charge is -2.28. The van der Waals surface area contributed by atoms with Gasteiger partial charge in [0.05, 0.1) is 26.0 Å². The summed E-state index contributed by atoms with van der Waals surface area (Å²) in [5.74, 6) is 1.12. The second kappa shape index (κ2) is 12.9. The second-order valence-electron chi connectivity index (χ2n) is 8.22. The molecule has 0 unspecified atom stereocenters. The molecule has 1 saturated heterocycles. The molecule has 1 aliphatic heterocycles. The number of hydrogen-bond acceptors (Lipinski definition) is 9. The molecule has 0 aliphatic carbocycles. The van der Waals surface area contributed by atoms with Gasteiger partial charge >= 0.3 is 6.01 Å². The van der Waals surface area contributed by atoms with E-state index in [4.69, 9.17) is 14.9 Å². The summed E-state index contributed by atoms with van der Waals surface area (Å²) in [4.78, 5) is 12.3. The summed E-state index contributed by atoms with van der Waals surface area (Å²) < 4.78 is 11.3. The maximum Gasteiger partial charge on any atom is 0.320 e. The van der Waals surface area contributed by atoms with Gasteiger partial charge in [-0.3, -0.25) is 10.8 Å². The fourth-order valence-electron chi connectivity index (χ4n) is 3.58. The molecule has 0 spiro atoms. The van der Waals surface area contributed by atoms with Gasteiger partial charge in [0, 0.05) is 24.8 Å². The molecular formula is C26H29N9O2. The molecule has 190 valence electrons. The first-order chi connectivity index (χ1) is 18.1. The minimum Gasteiger partial charge on any atom is -0.461 e. The molecule has 11 nitrogen and oxygen atoms in total. The van der Waals surface area contributed by atoms with E-state index in [-0.39, 0.29) is 25.1 Å². The number of hydrazone groups is 1. The van der Waals surface area contributed by atoms with Gasteiger partial charge in [-0.25, -0.2) is 4.90 Å². The SMILES string of the molecule is Cc1cccc(/C=N/Nc2cc(N3CCOCC3)nc(OCCN(C#N)C(=N)Nc3ccccc3)n2)c1. The van der Waals surface area contributed by atoms with Crippen LogP contribution in [0.4, 0.5) is 17.3 Å². The van der Waals surface area contributed by atoms with Crippen molar-refractivity contribution < 1.29 is 9.47 Å². The van der Waals surface area contributed by atoms with E-state index >= 15 is 0 Å². The first-order valence-electron chi connectivity index (χ1n) is 11.9. The summed E-state index contributed by atoms with van der Waals surface area (Å²) >= 11 is 0. The van der Waals surface area contributed by atoms with E-state index in [2.05, 4.69) is 30.7 Å². The van der Waals surface area contributed by atoms with Crippen molar-refractivity contribution in [3.63, 3.8) is 0 Å². The summed E-state index contributed by atoms with van der Waals surface area (Å²) in [6.07, 6.45) is 3.72. The highest BCUT2D eigenvalue weighted by molar-refractivity contribution is 5.92. The van der Waals surface area contributed by atoms with E-state index < -0.39 is 0 Å². The zero-order chi connectivity index (χ0) is 25.9. The summed E-state index contributed by atoms with van der Waals surface area (Å²) in [7, 11) is 0. The number of morpholine rings is 1. The standard InChI is InChI=1S/C26H29N9O2/c1-20-6-5-7-21(16-20)18-29-33-23-17-24(34-10-13-36-14-11-34)32-26(31-23)37-15-12-35(19-27)25(28)30-22-8-3-2-4-9-22/h2-9,16-18H,10-15H2,1H3,(H2,28,30)(H,31,32,33)/b29-18+. The molecule has 1 aliphatic rings. The van der Waals surface area contributed by atoms with Gasteiger partial charge in [-0.2, -0.15) is 20.3 Å². The van der Waals surface area contributed by atoms with Crippen molar-refractivity contribution in [2.24, 2.45) is 5.10 Å². The average molecular weight is 500 g/mol. The molecule has 0 amide bonds. The van der Waals surface area contributed by atoms with E-state index in [9.17, 15) is 5.26 Å². The molecule has 3 aromatic rings. The number of ether oxygens (including phenoxy) is 2. The molecule has 1 aromatic heterocycles. The zero-order valence-electron chi connectivity index (χ0n) is 20.6. The highest BCUT2D eigenvalue weighted by atomic mass is 16.5. The Balaban J connectivity index is 1.41. The van der Waals surface area contributed by atoms with Gasteiger partial charge in [-0.05, 0) is 24.6 Å². The number of nitrogens with zero attached hydrogens (tertiary/aromatic N) is 6. The smallest absolute Gasteiger partial charge is 0.320 e. The largest absolute Gasteiger partial charge is 0.461 e. The van der Waals surface area contributed by atoms with Crippen LogP contribution >= 0.6 is 0 Å². The summed E-state index contributed by atoms with van der Waals surface area (Å²) in [6.45, 7) is 4.91. The van der Waals surface area contributed by atoms with Gasteiger partial charge in [0.15, 0.2) is 12.0 Å². The number of anilines is 3. The Morgan fingerprint density at radius 1 is 1.19 bits per heavy atom. The molecule has 0 saturated carbocycles. The normalized spacial score (nSPS) is 13.1. The minimum atomic E-state index is -0.0480. The molecule has 0 atom stereocenters. The Morgan fingerprint density at radius 2 is 2.00 bits per heavy atom. The summed E-state index contributed by atoms with van der Waals surface area (Å²) in [5.41, 5.74) is 5.80. The average Bonchev–Trinajstić information content (AvgIpc) is 2.92. The van der Waals surface area contributed by atoms with Crippen molar-refractivity contribution in [2.75, 3.05) is 55.1 Å². The zero-order valence-corrected chi connectivity index (χ0v) is 20.6. The van der Waals surface area contributed by atoms with Crippen LogP contribution in [0.1, 0.15) is 11.1 Å². The van der Waals surface area contributed by atoms with Gasteiger partial charge in [0.1, 0.15) is 12.4 Å². The predicted molar refractivity (Wildman–Crippen MR) is 143 cm³/mol. The molecule has 3 N–H and O–H groups in total. The molecular weight excluding hydrogens is 470 g/mol. The van der Waals surface area contributed by atoms with Crippen molar-refractivity contribution in [1.29, 1.82) is 10.7 Å². The number of aryl methyl sites for hydroxylation is 1. The van der Waals surface area contributed by atoms with Crippen LogP contribution in [0, 0.1) is 23.8 Å². The Labute approximate surface area is 215 Å². The highest BCUT2D eigenvalue weighted by Gasteiger charge is 2.16. The van der Waals surface area contributed by atoms with E-state index in [0.717, 1.165) is 16.8 Å². The number of nitrogens with one attached hydrogen (secondary N) is 3. The van der Waals surface area contributed by atoms with Crippen molar-refractivity contribution in [3.8, 4) is 12.2 Å². The minimum absolute atomic E-state index is 0.0480. The van der Waals surface area contributed by atoms with E-state index in [0.29, 0.717) is 37.9 Å². The van der Waals surface area contributed by atoms with Gasteiger partial charge in [-0.1, -0.05) is 48.0 Å². The molecule has 0 bridgehead atoms. The molecule has 0 radical (unpaired) electrons. The Hall–Kier alpha value is -4.69. The monoisotopic (exact) mass is 499 g/mol. The number of aromatic nitrogens is 2. The first-order valence-corrected chi connectivity index (χ1v) is 11.9. The fourth-order valence-corrected chi connectivity index (χ4v) is 3.58. The third-order valence-electron chi connectivity index (χ3n) is 5.44. The molecule has 11 heteroatoms. The van der Waals surface area contributed by atoms with E-state index in [1.54, 1.807) is 6.21 Å². The van der Waals surface area contributed by atoms with Crippen LogP contribution in [0.3, 0.4) is 0 Å². The van der Waals surface area contributed by atoms with Crippen molar-refractivity contribution in [2.45, 2.75) is 6.92 Å². The van der Waals surface area contributed by atoms with Crippen LogP contribution in [0.2, 0.25) is 0 Å². The second-order valence-corrected chi connectivity index (χ2v) is 8.22. The fraction of sp³-hybridized carbons (Fsp3) is 0.269. The van der Waals surface area contributed by atoms with Crippen LogP contribution in [-0.2, 0) is 4.74 Å². The van der Waals surface area contributed by atoms with Gasteiger partial charge in [-0.15, -0.1) is 0 Å². The first kappa shape index (κ1) is 25.4. The van der Waals surface area contributed by atoms with Crippen LogP contribution in [-0.4, -0.2) is 66.5 Å². The molecule has 4 rings (SSSR count). The topological polar surface area (TPSA) is 135 Å². The third-order valence-corrected chi connectivity index (χ3v) is 5.44. The Kier molecular flexibility index (Phi) is 8.82. The quantitative estimate of drug-likeness (QED) is 0.133. The lowest BCUT2D eigenvalue weighted by atomic mass is 10.2. The highest BCUT2D eigenvalue weighted by Crippen LogP contribution is 2.21. The van der Waals surface area contributed by atoms with Gasteiger partial charge in [0.25, 0.3) is 0 Å². The van der Waals surface area contributed by atoms with Crippen LogP contribution < -0.4 is 20.4 Å². The molecule has 2 aromatic carbocycles. The van der Waals surface area contributed by atoms with E-state index in [1.165, 1.54) is 4.90 Å². The van der Waals surface area contributed by atoms with Crippen LogP contribution in [0.15, 0.2) is 65.8 Å². The van der Waals surface area contributed by atoms with Gasteiger partial charge in [0.2, 0.25) is 5.96 Å². The number of rotatable bonds is 9. The number of nitriles is 1. The molecule has 37 heavy (non-hydrogen) atoms. The number of para-hydroxylation sites is 1. The molecule has 1 fully saturated rings.